The molecule has 0 fully saturated rings. The van der Waals surface area contributed by atoms with Crippen LogP contribution < -0.4 is 5.43 Å². The van der Waals surface area contributed by atoms with Gasteiger partial charge in [-0.3, -0.25) is 4.79 Å². The predicted molar refractivity (Wildman–Crippen MR) is 30.3 cm³/mol. The van der Waals surface area contributed by atoms with E-state index in [1.807, 2.05) is 5.43 Å². The maximum absolute atomic E-state index is 10.2. The molecule has 0 amide bonds. The van der Waals surface area contributed by atoms with Crippen molar-refractivity contribution in [2.45, 2.75) is 13.3 Å². The Bertz CT molecular complexity index is 109. The van der Waals surface area contributed by atoms with E-state index in [-0.39, 0.29) is 18.7 Å². The molecule has 0 saturated heterocycles. The van der Waals surface area contributed by atoms with Crippen molar-refractivity contribution < 1.29 is 9.83 Å². The molecule has 0 heterocycles. The number of nitrogens with zero attached hydrogens (tertiary/aromatic N) is 1. The molecular weight excluding hydrogens is 124 g/mol. The second-order valence-corrected chi connectivity index (χ2v) is 1.62. The third-order valence-corrected chi connectivity index (χ3v) is 0.718. The summed E-state index contributed by atoms with van der Waals surface area (Å²) in [6, 6.07) is 0. The Morgan fingerprint density at radius 3 is 2.67 bits per heavy atom. The number of hydrogen-bond donors (Lipinski definition) is 1. The maximum atomic E-state index is 10.2. The summed E-state index contributed by atoms with van der Waals surface area (Å²) in [6.07, 6.45) is 0.209. The van der Waals surface area contributed by atoms with E-state index in [9.17, 15) is 14.9 Å². The normalized spacial score (nSPS) is 8.56. The lowest BCUT2D eigenvalue weighted by molar-refractivity contribution is -0.543. The van der Waals surface area contributed by atoms with E-state index >= 15 is 0 Å². The summed E-state index contributed by atoms with van der Waals surface area (Å²) in [5.74, 6) is -0.0515. The zero-order valence-corrected chi connectivity index (χ0v) is 5.09. The van der Waals surface area contributed by atoms with Gasteiger partial charge in [-0.05, 0) is 6.92 Å². The lowest BCUT2D eigenvalue weighted by Crippen LogP contribution is -2.23. The summed E-state index contributed by atoms with van der Waals surface area (Å²) >= 11 is 0. The second kappa shape index (κ2) is 3.82. The SMILES string of the molecule is CC(=O)CCN[N+](=O)[O-]. The average Bonchev–Trinajstić information content (AvgIpc) is 1.63. The maximum Gasteiger partial charge on any atom is 0.157 e. The molecule has 5 nitrogen and oxygen atoms in total. The molecule has 52 valence electrons. The highest BCUT2D eigenvalue weighted by Crippen LogP contribution is 1.76. The van der Waals surface area contributed by atoms with Gasteiger partial charge in [0, 0.05) is 6.42 Å². The number of nitrogens with one attached hydrogen (secondary N) is 1. The van der Waals surface area contributed by atoms with E-state index in [2.05, 4.69) is 0 Å². The van der Waals surface area contributed by atoms with Crippen LogP contribution in [0.3, 0.4) is 0 Å². The van der Waals surface area contributed by atoms with Crippen LogP contribution in [0.25, 0.3) is 0 Å². The summed E-state index contributed by atoms with van der Waals surface area (Å²) < 4.78 is 0. The quantitative estimate of drug-likeness (QED) is 0.422. The molecule has 0 bridgehead atoms. The van der Waals surface area contributed by atoms with Crippen LogP contribution >= 0.6 is 0 Å². The first kappa shape index (κ1) is 7.87. The third kappa shape index (κ3) is 6.87. The Morgan fingerprint density at radius 2 is 2.33 bits per heavy atom. The van der Waals surface area contributed by atoms with Gasteiger partial charge < -0.3 is 0 Å². The fraction of sp³-hybridized carbons (Fsp3) is 0.750. The highest BCUT2D eigenvalue weighted by Gasteiger charge is 1.95. The van der Waals surface area contributed by atoms with Crippen molar-refractivity contribution in [1.82, 2.24) is 5.43 Å². The molecule has 0 unspecified atom stereocenters. The van der Waals surface area contributed by atoms with Crippen molar-refractivity contribution in [3.8, 4) is 0 Å². The van der Waals surface area contributed by atoms with Crippen molar-refractivity contribution in [1.29, 1.82) is 0 Å². The minimum Gasteiger partial charge on any atom is -0.300 e. The first-order chi connectivity index (χ1) is 4.13. The Balaban J connectivity index is 3.10. The molecule has 0 aromatic heterocycles. The Kier molecular flexibility index (Phi) is 3.34. The predicted octanol–water partition coefficient (Wildman–Crippen LogP) is -0.253. The van der Waals surface area contributed by atoms with Gasteiger partial charge >= 0.3 is 0 Å². The molecule has 0 saturated carbocycles. The number of ketones is 1. The molecule has 5 heteroatoms. The molecule has 1 N–H and O–H groups in total. The zero-order valence-electron chi connectivity index (χ0n) is 5.09. The Labute approximate surface area is 52.2 Å². The number of carbonyl (C=O) groups is 1. The van der Waals surface area contributed by atoms with Crippen molar-refractivity contribution in [3.63, 3.8) is 0 Å². The van der Waals surface area contributed by atoms with Crippen molar-refractivity contribution in [3.05, 3.63) is 10.1 Å². The number of hydrogen-bond acceptors (Lipinski definition) is 3. The average molecular weight is 132 g/mol. The van der Waals surface area contributed by atoms with E-state index in [1.54, 1.807) is 0 Å². The summed E-state index contributed by atoms with van der Waals surface area (Å²) in [7, 11) is 0. The topological polar surface area (TPSA) is 72.2 Å². The minimum absolute atomic E-state index is 0.0515. The van der Waals surface area contributed by atoms with Crippen LogP contribution in [0.2, 0.25) is 0 Å². The second-order valence-electron chi connectivity index (χ2n) is 1.62. The Hall–Kier alpha value is -1.13. The first-order valence-electron chi connectivity index (χ1n) is 2.50. The molecule has 0 aliphatic carbocycles. The summed E-state index contributed by atoms with van der Waals surface area (Å²) in [6.45, 7) is 1.50. The van der Waals surface area contributed by atoms with E-state index in [1.165, 1.54) is 6.92 Å². The smallest absolute Gasteiger partial charge is 0.157 e. The molecule has 0 radical (unpaired) electrons. The summed E-state index contributed by atoms with van der Waals surface area (Å²) in [5, 5.41) is 8.90. The third-order valence-electron chi connectivity index (χ3n) is 0.718. The molecule has 0 spiro atoms. The van der Waals surface area contributed by atoms with Gasteiger partial charge in [0.2, 0.25) is 0 Å². The van der Waals surface area contributed by atoms with Gasteiger partial charge in [-0.1, -0.05) is 0 Å². The molecule has 0 atom stereocenters. The number of nitro groups is 1. The molecule has 0 aromatic carbocycles. The van der Waals surface area contributed by atoms with Crippen LogP contribution in [0.15, 0.2) is 0 Å². The summed E-state index contributed by atoms with van der Waals surface area (Å²) in [5.41, 5.74) is 1.88. The molecular formula is C4H8N2O3. The molecule has 9 heavy (non-hydrogen) atoms. The lowest BCUT2D eigenvalue weighted by atomic mass is 10.3. The van der Waals surface area contributed by atoms with Crippen LogP contribution in [0.1, 0.15) is 13.3 Å². The van der Waals surface area contributed by atoms with E-state index in [0.29, 0.717) is 0 Å². The Morgan fingerprint density at radius 1 is 1.78 bits per heavy atom. The standard InChI is InChI=1S/C4H8N2O3/c1-4(7)2-3-5-6(8)9/h5H,2-3H2,1H3. The van der Waals surface area contributed by atoms with Crippen LogP contribution in [-0.4, -0.2) is 17.4 Å². The van der Waals surface area contributed by atoms with Gasteiger partial charge in [0.05, 0.1) is 6.54 Å². The van der Waals surface area contributed by atoms with Crippen molar-refractivity contribution in [2.75, 3.05) is 6.54 Å². The van der Waals surface area contributed by atoms with Crippen LogP contribution in [0.4, 0.5) is 0 Å². The highest BCUT2D eigenvalue weighted by atomic mass is 16.7. The molecule has 0 aliphatic rings. The van der Waals surface area contributed by atoms with Gasteiger partial charge in [0.1, 0.15) is 5.78 Å². The number of hydrazine groups is 1. The van der Waals surface area contributed by atoms with Gasteiger partial charge in [-0.15, -0.1) is 5.43 Å². The number of carbonyl (C=O) groups excluding carboxylic acids is 1. The van der Waals surface area contributed by atoms with Gasteiger partial charge in [0.15, 0.2) is 5.03 Å². The molecule has 0 aromatic rings. The van der Waals surface area contributed by atoms with Crippen LogP contribution in [-0.2, 0) is 4.79 Å². The van der Waals surface area contributed by atoms with Crippen molar-refractivity contribution in [2.24, 2.45) is 0 Å². The largest absolute Gasteiger partial charge is 0.300 e. The van der Waals surface area contributed by atoms with Gasteiger partial charge in [-0.25, -0.2) is 10.1 Å². The highest BCUT2D eigenvalue weighted by molar-refractivity contribution is 5.75. The van der Waals surface area contributed by atoms with E-state index in [0.717, 1.165) is 0 Å². The van der Waals surface area contributed by atoms with Gasteiger partial charge in [-0.2, -0.15) is 0 Å². The summed E-state index contributed by atoms with van der Waals surface area (Å²) in [4.78, 5) is 19.7. The molecule has 0 aliphatic heterocycles. The van der Waals surface area contributed by atoms with E-state index < -0.39 is 5.03 Å². The lowest BCUT2D eigenvalue weighted by Gasteiger charge is -1.91. The minimum atomic E-state index is -0.664. The van der Waals surface area contributed by atoms with Crippen LogP contribution in [0.5, 0.6) is 0 Å². The van der Waals surface area contributed by atoms with E-state index in [4.69, 9.17) is 0 Å². The van der Waals surface area contributed by atoms with Gasteiger partial charge in [0.25, 0.3) is 0 Å². The fourth-order valence-electron chi connectivity index (χ4n) is 0.323. The number of Topliss-reactive ketones (excluding diaryl/α,β-unsaturated/α-hetero) is 1. The first-order valence-corrected chi connectivity index (χ1v) is 2.50. The van der Waals surface area contributed by atoms with Crippen LogP contribution in [0, 0.1) is 10.1 Å². The number of rotatable bonds is 4. The molecule has 0 rings (SSSR count). The fourth-order valence-corrected chi connectivity index (χ4v) is 0.323. The monoisotopic (exact) mass is 132 g/mol. The van der Waals surface area contributed by atoms with Crippen molar-refractivity contribution >= 4 is 5.78 Å². The zero-order chi connectivity index (χ0) is 7.28.